The third kappa shape index (κ3) is 2.52. The molecule has 0 aliphatic carbocycles. The van der Waals surface area contributed by atoms with E-state index in [0.717, 1.165) is 5.56 Å². The van der Waals surface area contributed by atoms with E-state index in [1.807, 2.05) is 24.3 Å². The minimum atomic E-state index is -0.201. The van der Waals surface area contributed by atoms with E-state index in [0.29, 0.717) is 38.6 Å². The van der Waals surface area contributed by atoms with Crippen molar-refractivity contribution >= 4 is 51.8 Å². The van der Waals surface area contributed by atoms with Crippen molar-refractivity contribution in [3.8, 4) is 0 Å². The molecule has 1 aliphatic rings. The average Bonchev–Trinajstić information content (AvgIpc) is 2.84. The van der Waals surface area contributed by atoms with Crippen molar-refractivity contribution in [2.75, 3.05) is 11.4 Å². The van der Waals surface area contributed by atoms with E-state index >= 15 is 0 Å². The zero-order valence-corrected chi connectivity index (χ0v) is 13.0. The van der Waals surface area contributed by atoms with Gasteiger partial charge in [-0.1, -0.05) is 46.6 Å². The Morgan fingerprint density at radius 2 is 2.10 bits per heavy atom. The van der Waals surface area contributed by atoms with Crippen LogP contribution in [0.3, 0.4) is 0 Å². The summed E-state index contributed by atoms with van der Waals surface area (Å²) in [6.45, 7) is 0.430. The number of rotatable bonds is 1. The van der Waals surface area contributed by atoms with Crippen molar-refractivity contribution in [2.24, 2.45) is 5.16 Å². The maximum atomic E-state index is 12.7. The first-order chi connectivity index (χ1) is 10.1. The molecule has 0 spiro atoms. The van der Waals surface area contributed by atoms with Crippen LogP contribution in [0.15, 0.2) is 35.5 Å². The molecule has 4 nitrogen and oxygen atoms in total. The topological polar surface area (TPSA) is 52.9 Å². The first-order valence-corrected chi connectivity index (χ1v) is 7.76. The Labute approximate surface area is 135 Å². The quantitative estimate of drug-likeness (QED) is 0.622. The molecule has 0 saturated carbocycles. The summed E-state index contributed by atoms with van der Waals surface area (Å²) in [5.41, 5.74) is 2.42. The lowest BCUT2D eigenvalue weighted by molar-refractivity contribution is 0.0987. The van der Waals surface area contributed by atoms with Gasteiger partial charge in [-0.25, -0.2) is 0 Å². The predicted molar refractivity (Wildman–Crippen MR) is 85.4 cm³/mol. The number of nitrogens with zero attached hydrogens (tertiary/aromatic N) is 2. The van der Waals surface area contributed by atoms with Crippen LogP contribution in [0.5, 0.6) is 0 Å². The van der Waals surface area contributed by atoms with Crippen molar-refractivity contribution in [2.45, 2.75) is 6.42 Å². The van der Waals surface area contributed by atoms with Crippen LogP contribution in [0.4, 0.5) is 5.69 Å². The molecule has 2 heterocycles. The van der Waals surface area contributed by atoms with E-state index < -0.39 is 0 Å². The molecule has 0 atom stereocenters. The van der Waals surface area contributed by atoms with Crippen LogP contribution in [0.25, 0.3) is 0 Å². The molecular weight excluding hydrogens is 331 g/mol. The molecule has 2 aromatic rings. The Bertz CT molecular complexity index is 742. The number of fused-ring (bicyclic) bond motifs is 1. The molecule has 1 amide bonds. The van der Waals surface area contributed by atoms with Crippen LogP contribution >= 0.6 is 34.5 Å². The van der Waals surface area contributed by atoms with Gasteiger partial charge in [-0.3, -0.25) is 4.79 Å². The molecule has 1 aromatic heterocycles. The predicted octanol–water partition coefficient (Wildman–Crippen LogP) is 4.28. The molecule has 1 aliphatic heterocycles. The molecule has 0 unspecified atom stereocenters. The number of thiophene rings is 1. The van der Waals surface area contributed by atoms with Crippen molar-refractivity contribution in [3.05, 3.63) is 50.1 Å². The Hall–Kier alpha value is -1.56. The van der Waals surface area contributed by atoms with Gasteiger partial charge in [0, 0.05) is 18.5 Å². The summed E-state index contributed by atoms with van der Waals surface area (Å²) in [5, 5.41) is 12.4. The third-order valence-electron chi connectivity index (χ3n) is 3.33. The highest BCUT2D eigenvalue weighted by atomic mass is 35.5. The smallest absolute Gasteiger partial charge is 0.260 e. The van der Waals surface area contributed by atoms with Gasteiger partial charge in [0.05, 0.1) is 21.3 Å². The highest BCUT2D eigenvalue weighted by Crippen LogP contribution is 2.35. The van der Waals surface area contributed by atoms with Crippen LogP contribution in [-0.4, -0.2) is 23.4 Å². The number of anilines is 1. The lowest BCUT2D eigenvalue weighted by Crippen LogP contribution is -2.37. The van der Waals surface area contributed by atoms with Gasteiger partial charge < -0.3 is 10.1 Å². The minimum Gasteiger partial charge on any atom is -0.411 e. The highest BCUT2D eigenvalue weighted by Gasteiger charge is 2.28. The summed E-state index contributed by atoms with van der Waals surface area (Å²) >= 11 is 13.1. The van der Waals surface area contributed by atoms with Gasteiger partial charge in [-0.05, 0) is 12.1 Å². The second-order valence-corrected chi connectivity index (χ2v) is 6.79. The third-order valence-corrected chi connectivity index (χ3v) is 4.82. The van der Waals surface area contributed by atoms with E-state index in [-0.39, 0.29) is 5.91 Å². The zero-order chi connectivity index (χ0) is 15.0. The van der Waals surface area contributed by atoms with E-state index in [1.54, 1.807) is 11.0 Å². The fourth-order valence-electron chi connectivity index (χ4n) is 2.37. The molecule has 0 saturated heterocycles. The Balaban J connectivity index is 2.04. The second-order valence-electron chi connectivity index (χ2n) is 4.51. The number of amides is 1. The fraction of sp³-hybridized carbons (Fsp3) is 0.143. The molecule has 7 heteroatoms. The summed E-state index contributed by atoms with van der Waals surface area (Å²) in [7, 11) is 0. The maximum absolute atomic E-state index is 12.7. The van der Waals surface area contributed by atoms with Crippen LogP contribution in [0, 0.1) is 0 Å². The van der Waals surface area contributed by atoms with Gasteiger partial charge in [0.2, 0.25) is 0 Å². The summed E-state index contributed by atoms with van der Waals surface area (Å²) < 4.78 is 0.857. The van der Waals surface area contributed by atoms with Crippen molar-refractivity contribution < 1.29 is 10.0 Å². The van der Waals surface area contributed by atoms with Gasteiger partial charge in [0.1, 0.15) is 4.34 Å². The number of para-hydroxylation sites is 1. The number of hydrogen-bond acceptors (Lipinski definition) is 4. The average molecular weight is 341 g/mol. The summed E-state index contributed by atoms with van der Waals surface area (Å²) in [6.07, 6.45) is 0.481. The zero-order valence-electron chi connectivity index (χ0n) is 10.7. The maximum Gasteiger partial charge on any atom is 0.260 e. The minimum absolute atomic E-state index is 0.201. The van der Waals surface area contributed by atoms with E-state index in [4.69, 9.17) is 28.4 Å². The van der Waals surface area contributed by atoms with Crippen molar-refractivity contribution in [3.63, 3.8) is 0 Å². The van der Waals surface area contributed by atoms with E-state index in [1.165, 1.54) is 11.3 Å². The highest BCUT2D eigenvalue weighted by molar-refractivity contribution is 7.20. The number of carbonyl (C=O) groups excluding carboxylic acids is 1. The monoisotopic (exact) mass is 340 g/mol. The molecule has 21 heavy (non-hydrogen) atoms. The molecule has 0 bridgehead atoms. The van der Waals surface area contributed by atoms with Crippen LogP contribution < -0.4 is 4.90 Å². The first-order valence-electron chi connectivity index (χ1n) is 6.19. The van der Waals surface area contributed by atoms with Gasteiger partial charge in [-0.2, -0.15) is 0 Å². The second kappa shape index (κ2) is 5.67. The van der Waals surface area contributed by atoms with Crippen molar-refractivity contribution in [1.82, 2.24) is 0 Å². The van der Waals surface area contributed by atoms with Gasteiger partial charge in [-0.15, -0.1) is 11.3 Å². The van der Waals surface area contributed by atoms with Crippen molar-refractivity contribution in [1.29, 1.82) is 0 Å². The number of carbonyl (C=O) groups is 1. The summed E-state index contributed by atoms with van der Waals surface area (Å²) in [6, 6.07) is 8.90. The number of halogens is 2. The van der Waals surface area contributed by atoms with Crippen LogP contribution in [-0.2, 0) is 0 Å². The van der Waals surface area contributed by atoms with Crippen LogP contribution in [0.1, 0.15) is 22.3 Å². The molecule has 3 rings (SSSR count). The molecule has 1 N–H and O–H groups in total. The normalized spacial score (nSPS) is 16.1. The number of benzene rings is 1. The fourth-order valence-corrected chi connectivity index (χ4v) is 3.82. The SMILES string of the molecule is O=C(c1cc(Cl)sc1Cl)N1CC/C(=N/O)c2ccccc21. The Kier molecular flexibility index (Phi) is 3.89. The Morgan fingerprint density at radius 3 is 2.76 bits per heavy atom. The summed E-state index contributed by atoms with van der Waals surface area (Å²) in [4.78, 5) is 14.3. The first kappa shape index (κ1) is 14.4. The lowest BCUT2D eigenvalue weighted by atomic mass is 9.99. The molecular formula is C14H10Cl2N2O2S. The van der Waals surface area contributed by atoms with Gasteiger partial charge in [0.25, 0.3) is 5.91 Å². The standard InChI is InChI=1S/C14H10Cl2N2O2S/c15-12-7-9(13(16)21-12)14(19)18-6-5-10(17-20)8-3-1-2-4-11(8)18/h1-4,7,20H,5-6H2/b17-10-. The van der Waals surface area contributed by atoms with E-state index in [2.05, 4.69) is 5.16 Å². The molecule has 108 valence electrons. The molecule has 1 aromatic carbocycles. The van der Waals surface area contributed by atoms with Gasteiger partial charge in [0.15, 0.2) is 0 Å². The summed E-state index contributed by atoms with van der Waals surface area (Å²) in [5.74, 6) is -0.201. The van der Waals surface area contributed by atoms with Gasteiger partial charge >= 0.3 is 0 Å². The Morgan fingerprint density at radius 1 is 1.33 bits per heavy atom. The number of oxime groups is 1. The molecule has 0 fully saturated rings. The largest absolute Gasteiger partial charge is 0.411 e. The lowest BCUT2D eigenvalue weighted by Gasteiger charge is -2.29. The number of hydrogen-bond donors (Lipinski definition) is 1. The van der Waals surface area contributed by atoms with Crippen LogP contribution in [0.2, 0.25) is 8.67 Å². The molecule has 0 radical (unpaired) electrons. The van der Waals surface area contributed by atoms with E-state index in [9.17, 15) is 4.79 Å².